The minimum atomic E-state index is -0.476. The molecule has 0 aromatic heterocycles. The summed E-state index contributed by atoms with van der Waals surface area (Å²) in [7, 11) is 0. The fraction of sp³-hybridized carbons (Fsp3) is 0.632. The number of benzene rings is 1. The van der Waals surface area contributed by atoms with Gasteiger partial charge in [0, 0.05) is 26.2 Å². The van der Waals surface area contributed by atoms with Crippen molar-refractivity contribution in [2.75, 3.05) is 26.2 Å². The Labute approximate surface area is 146 Å². The third-order valence-corrected chi connectivity index (χ3v) is 4.49. The molecule has 24 heavy (non-hydrogen) atoms. The number of aliphatic hydroxyl groups is 1. The summed E-state index contributed by atoms with van der Waals surface area (Å²) >= 11 is 0. The summed E-state index contributed by atoms with van der Waals surface area (Å²) in [5.74, 6) is 0.439. The Morgan fingerprint density at radius 1 is 1.29 bits per heavy atom. The van der Waals surface area contributed by atoms with E-state index in [1.165, 1.54) is 30.4 Å². The Balaban J connectivity index is 1.66. The highest BCUT2D eigenvalue weighted by atomic mass is 16.3. The van der Waals surface area contributed by atoms with E-state index in [1.807, 2.05) is 0 Å². The molecule has 0 fully saturated rings. The number of aliphatic hydroxyl groups excluding tert-OH is 1. The molecule has 1 aromatic rings. The number of guanidine groups is 1. The first-order valence-corrected chi connectivity index (χ1v) is 9.20. The molecule has 1 heterocycles. The number of β-amino-alcohol motifs (C(OH)–C–C–N with tert-alkyl or cyclic N) is 1. The van der Waals surface area contributed by atoms with E-state index in [-0.39, 0.29) is 0 Å². The van der Waals surface area contributed by atoms with E-state index in [9.17, 15) is 5.11 Å². The zero-order valence-electron chi connectivity index (χ0n) is 14.9. The van der Waals surface area contributed by atoms with Gasteiger partial charge in [-0.05, 0) is 24.0 Å². The number of nitrogens with zero attached hydrogens (tertiary/aromatic N) is 2. The molecule has 1 aromatic carbocycles. The summed E-state index contributed by atoms with van der Waals surface area (Å²) in [6.45, 7) is 5.94. The highest BCUT2D eigenvalue weighted by Gasteiger charge is 2.18. The number of fused-ring (bicyclic) bond motifs is 1. The normalized spacial score (nSPS) is 16.7. The van der Waals surface area contributed by atoms with Crippen molar-refractivity contribution in [3.05, 3.63) is 35.4 Å². The highest BCUT2D eigenvalue weighted by molar-refractivity contribution is 5.77. The van der Waals surface area contributed by atoms with Gasteiger partial charge in [-0.25, -0.2) is 0 Å². The molecule has 1 aliphatic rings. The van der Waals surface area contributed by atoms with Crippen LogP contribution in [-0.4, -0.2) is 48.2 Å². The summed E-state index contributed by atoms with van der Waals surface area (Å²) < 4.78 is 0. The van der Waals surface area contributed by atoms with Gasteiger partial charge in [-0.1, -0.05) is 50.5 Å². The van der Waals surface area contributed by atoms with Gasteiger partial charge in [0.05, 0.1) is 12.6 Å². The van der Waals surface area contributed by atoms with Crippen LogP contribution in [0.3, 0.4) is 0 Å². The molecule has 0 spiro atoms. The van der Waals surface area contributed by atoms with Gasteiger partial charge in [-0.3, -0.25) is 9.89 Å². The second-order valence-electron chi connectivity index (χ2n) is 6.62. The maximum Gasteiger partial charge on any atom is 0.188 e. The molecule has 0 radical (unpaired) electrons. The minimum Gasteiger partial charge on any atom is -0.390 e. The maximum absolute atomic E-state index is 10.2. The monoisotopic (exact) mass is 332 g/mol. The number of nitrogens with one attached hydrogen (secondary N) is 1. The van der Waals surface area contributed by atoms with Crippen molar-refractivity contribution in [1.29, 1.82) is 0 Å². The molecule has 5 heteroatoms. The lowest BCUT2D eigenvalue weighted by Gasteiger charge is -2.30. The van der Waals surface area contributed by atoms with E-state index in [4.69, 9.17) is 5.73 Å². The number of hydrogen-bond donors (Lipinski definition) is 3. The van der Waals surface area contributed by atoms with Crippen LogP contribution >= 0.6 is 0 Å². The second kappa shape index (κ2) is 10.3. The van der Waals surface area contributed by atoms with Gasteiger partial charge in [0.25, 0.3) is 0 Å². The van der Waals surface area contributed by atoms with Crippen molar-refractivity contribution in [2.45, 2.75) is 51.7 Å². The predicted octanol–water partition coefficient (Wildman–Crippen LogP) is 1.89. The van der Waals surface area contributed by atoms with Gasteiger partial charge < -0.3 is 16.2 Å². The van der Waals surface area contributed by atoms with Gasteiger partial charge >= 0.3 is 0 Å². The third-order valence-electron chi connectivity index (χ3n) is 4.49. The lowest BCUT2D eigenvalue weighted by Crippen LogP contribution is -2.39. The molecule has 1 atom stereocenters. The summed E-state index contributed by atoms with van der Waals surface area (Å²) in [6, 6.07) is 8.54. The molecule has 0 amide bonds. The fourth-order valence-electron chi connectivity index (χ4n) is 3.09. The molecular formula is C19H32N4O. The molecular weight excluding hydrogens is 300 g/mol. The molecule has 1 aliphatic heterocycles. The first-order valence-electron chi connectivity index (χ1n) is 9.20. The molecule has 134 valence electrons. The predicted molar refractivity (Wildman–Crippen MR) is 100 cm³/mol. The summed E-state index contributed by atoms with van der Waals surface area (Å²) in [5, 5.41) is 13.3. The molecule has 0 aliphatic carbocycles. The van der Waals surface area contributed by atoms with Crippen LogP contribution in [0.1, 0.15) is 43.7 Å². The van der Waals surface area contributed by atoms with Gasteiger partial charge in [0.2, 0.25) is 0 Å². The smallest absolute Gasteiger partial charge is 0.188 e. The third kappa shape index (κ3) is 6.49. The largest absolute Gasteiger partial charge is 0.390 e. The van der Waals surface area contributed by atoms with E-state index in [0.29, 0.717) is 19.0 Å². The van der Waals surface area contributed by atoms with Crippen LogP contribution in [0.4, 0.5) is 0 Å². The van der Waals surface area contributed by atoms with Crippen molar-refractivity contribution in [2.24, 2.45) is 10.7 Å². The molecule has 0 bridgehead atoms. The highest BCUT2D eigenvalue weighted by Crippen LogP contribution is 2.18. The molecule has 0 saturated carbocycles. The van der Waals surface area contributed by atoms with Crippen LogP contribution in [0.15, 0.2) is 29.3 Å². The van der Waals surface area contributed by atoms with Crippen molar-refractivity contribution in [1.82, 2.24) is 10.2 Å². The molecule has 0 saturated heterocycles. The average Bonchev–Trinajstić information content (AvgIpc) is 2.59. The van der Waals surface area contributed by atoms with E-state index < -0.39 is 6.10 Å². The Morgan fingerprint density at radius 2 is 2.08 bits per heavy atom. The lowest BCUT2D eigenvalue weighted by atomic mass is 10.00. The number of aliphatic imine (C=N–C) groups is 1. The second-order valence-corrected chi connectivity index (χ2v) is 6.62. The van der Waals surface area contributed by atoms with Gasteiger partial charge in [0.15, 0.2) is 5.96 Å². The number of rotatable bonds is 9. The number of unbranched alkanes of at least 4 members (excludes halogenated alkanes) is 3. The van der Waals surface area contributed by atoms with E-state index >= 15 is 0 Å². The fourth-order valence-corrected chi connectivity index (χ4v) is 3.09. The quantitative estimate of drug-likeness (QED) is 0.367. The first-order chi connectivity index (χ1) is 11.7. The Hall–Kier alpha value is -1.59. The van der Waals surface area contributed by atoms with Crippen molar-refractivity contribution in [3.63, 3.8) is 0 Å². The van der Waals surface area contributed by atoms with Crippen molar-refractivity contribution < 1.29 is 5.11 Å². The average molecular weight is 332 g/mol. The molecule has 2 rings (SSSR count). The van der Waals surface area contributed by atoms with Gasteiger partial charge in [-0.15, -0.1) is 0 Å². The summed E-state index contributed by atoms with van der Waals surface area (Å²) in [6.07, 6.45) is 5.40. The van der Waals surface area contributed by atoms with Crippen molar-refractivity contribution >= 4 is 5.96 Å². The SMILES string of the molecule is CCCCCCNC(N)=NCC(O)CN1CCc2ccccc2C1. The number of hydrogen-bond acceptors (Lipinski definition) is 3. The van der Waals surface area contributed by atoms with E-state index in [2.05, 4.69) is 46.4 Å². The van der Waals surface area contributed by atoms with Crippen LogP contribution in [0.2, 0.25) is 0 Å². The summed E-state index contributed by atoms with van der Waals surface area (Å²) in [4.78, 5) is 6.55. The van der Waals surface area contributed by atoms with Crippen LogP contribution in [0.25, 0.3) is 0 Å². The number of nitrogens with two attached hydrogens (primary N) is 1. The molecule has 1 unspecified atom stereocenters. The maximum atomic E-state index is 10.2. The Kier molecular flexibility index (Phi) is 8.05. The van der Waals surface area contributed by atoms with E-state index in [0.717, 1.165) is 32.5 Å². The Bertz CT molecular complexity index is 518. The van der Waals surface area contributed by atoms with Gasteiger partial charge in [-0.2, -0.15) is 0 Å². The lowest BCUT2D eigenvalue weighted by molar-refractivity contribution is 0.112. The summed E-state index contributed by atoms with van der Waals surface area (Å²) in [5.41, 5.74) is 8.64. The minimum absolute atomic E-state index is 0.353. The Morgan fingerprint density at radius 3 is 2.88 bits per heavy atom. The molecule has 4 N–H and O–H groups in total. The van der Waals surface area contributed by atoms with Crippen molar-refractivity contribution in [3.8, 4) is 0 Å². The molecule has 5 nitrogen and oxygen atoms in total. The zero-order valence-corrected chi connectivity index (χ0v) is 14.9. The van der Waals surface area contributed by atoms with E-state index in [1.54, 1.807) is 0 Å². The standard InChI is InChI=1S/C19H32N4O/c1-2-3-4-7-11-21-19(20)22-13-18(24)15-23-12-10-16-8-5-6-9-17(16)14-23/h5-6,8-9,18,24H,2-4,7,10-15H2,1H3,(H3,20,21,22). The topological polar surface area (TPSA) is 73.9 Å². The van der Waals surface area contributed by atoms with Crippen LogP contribution < -0.4 is 11.1 Å². The first kappa shape index (κ1) is 18.7. The van der Waals surface area contributed by atoms with Crippen LogP contribution in [0, 0.1) is 0 Å². The van der Waals surface area contributed by atoms with Crippen LogP contribution in [-0.2, 0) is 13.0 Å². The zero-order chi connectivity index (χ0) is 17.2. The van der Waals surface area contributed by atoms with Gasteiger partial charge in [0.1, 0.15) is 0 Å². The van der Waals surface area contributed by atoms with Crippen LogP contribution in [0.5, 0.6) is 0 Å².